The molecule has 0 radical (unpaired) electrons. The summed E-state index contributed by atoms with van der Waals surface area (Å²) >= 11 is 24.2. The fourth-order valence-corrected chi connectivity index (χ4v) is 5.28. The fraction of sp³-hybridized carbons (Fsp3) is 0. The topological polar surface area (TPSA) is 90.3 Å². The zero-order valence-electron chi connectivity index (χ0n) is 20.2. The molecular weight excluding hydrogens is 616 g/mol. The highest BCUT2D eigenvalue weighted by Gasteiger charge is 2.23. The quantitative estimate of drug-likeness (QED) is 0.196. The first-order valence-electron chi connectivity index (χ1n) is 11.5. The first-order chi connectivity index (χ1) is 19.1. The second kappa shape index (κ2) is 11.5. The third kappa shape index (κ3) is 6.27. The summed E-state index contributed by atoms with van der Waals surface area (Å²) in [5, 5.41) is 5.97. The maximum Gasteiger partial charge on any atom is 0.285 e. The third-order valence-electron chi connectivity index (χ3n) is 5.62. The van der Waals surface area contributed by atoms with Crippen molar-refractivity contribution in [3.05, 3.63) is 123 Å². The van der Waals surface area contributed by atoms with E-state index in [4.69, 9.17) is 51.1 Å². The molecule has 0 unspecified atom stereocenters. The standard InChI is InChI=1S/C28H17Cl4N3O4S/c29-18-5-11-23(12-6-18)40(37,38)34-28(36)26-16-27(17-4-13-24(31)25(32)14-17)35(33-26)20-7-9-21(10-8-20)39-22-3-1-2-19(30)15-22/h1-16H,(H,34,36). The first kappa shape index (κ1) is 28.0. The largest absolute Gasteiger partial charge is 0.457 e. The zero-order valence-corrected chi connectivity index (χ0v) is 24.0. The summed E-state index contributed by atoms with van der Waals surface area (Å²) in [7, 11) is -4.18. The van der Waals surface area contributed by atoms with Crippen molar-refractivity contribution in [2.75, 3.05) is 0 Å². The molecule has 1 heterocycles. The number of carbonyl (C=O) groups excluding carboxylic acids is 1. The monoisotopic (exact) mass is 631 g/mol. The summed E-state index contributed by atoms with van der Waals surface area (Å²) in [6, 6.07) is 25.7. The molecule has 0 aliphatic carbocycles. The van der Waals surface area contributed by atoms with Crippen LogP contribution >= 0.6 is 46.4 Å². The molecule has 12 heteroatoms. The average Bonchev–Trinajstić information content (AvgIpc) is 3.37. The van der Waals surface area contributed by atoms with E-state index in [9.17, 15) is 13.2 Å². The summed E-state index contributed by atoms with van der Waals surface area (Å²) in [4.78, 5) is 12.9. The van der Waals surface area contributed by atoms with Gasteiger partial charge in [0.2, 0.25) is 0 Å². The van der Waals surface area contributed by atoms with E-state index in [0.29, 0.717) is 48.5 Å². The number of rotatable bonds is 7. The van der Waals surface area contributed by atoms with Crippen LogP contribution in [0.15, 0.2) is 102 Å². The van der Waals surface area contributed by atoms with Crippen LogP contribution in [0.3, 0.4) is 0 Å². The molecule has 0 aliphatic rings. The van der Waals surface area contributed by atoms with Gasteiger partial charge in [-0.15, -0.1) is 0 Å². The molecule has 202 valence electrons. The van der Waals surface area contributed by atoms with E-state index in [2.05, 4.69) is 5.10 Å². The molecule has 5 rings (SSSR count). The number of benzene rings is 4. The summed E-state index contributed by atoms with van der Waals surface area (Å²) in [6.45, 7) is 0. The molecule has 0 spiro atoms. The van der Waals surface area contributed by atoms with Crippen molar-refractivity contribution in [3.8, 4) is 28.4 Å². The van der Waals surface area contributed by atoms with Gasteiger partial charge in [0.05, 0.1) is 26.3 Å². The highest BCUT2D eigenvalue weighted by Crippen LogP contribution is 2.32. The molecule has 1 aromatic heterocycles. The molecule has 7 nitrogen and oxygen atoms in total. The van der Waals surface area contributed by atoms with Crippen LogP contribution in [0.5, 0.6) is 11.5 Å². The Morgan fingerprint density at radius 2 is 1.48 bits per heavy atom. The number of ether oxygens (including phenoxy) is 1. The molecule has 0 saturated carbocycles. The van der Waals surface area contributed by atoms with Crippen LogP contribution in [0.4, 0.5) is 0 Å². The van der Waals surface area contributed by atoms with Crippen molar-refractivity contribution < 1.29 is 17.9 Å². The van der Waals surface area contributed by atoms with Gasteiger partial charge in [-0.3, -0.25) is 4.79 Å². The SMILES string of the molecule is O=C(NS(=O)(=O)c1ccc(Cl)cc1)c1cc(-c2ccc(Cl)c(Cl)c2)n(-c2ccc(Oc3cccc(Cl)c3)cc2)n1. The number of sulfonamides is 1. The van der Waals surface area contributed by atoms with E-state index in [-0.39, 0.29) is 10.6 Å². The minimum atomic E-state index is -4.18. The zero-order chi connectivity index (χ0) is 28.4. The first-order valence-corrected chi connectivity index (χ1v) is 14.5. The molecule has 5 aromatic rings. The number of hydrogen-bond donors (Lipinski definition) is 1. The lowest BCUT2D eigenvalue weighted by molar-refractivity contribution is 0.0976. The second-order valence-electron chi connectivity index (χ2n) is 8.40. The molecular formula is C28H17Cl4N3O4S. The Morgan fingerprint density at radius 1 is 0.750 bits per heavy atom. The van der Waals surface area contributed by atoms with E-state index in [1.54, 1.807) is 66.7 Å². The number of nitrogens with one attached hydrogen (secondary N) is 1. The smallest absolute Gasteiger partial charge is 0.285 e. The van der Waals surface area contributed by atoms with Crippen LogP contribution in [0.2, 0.25) is 20.1 Å². The summed E-state index contributed by atoms with van der Waals surface area (Å²) < 4.78 is 35.0. The minimum Gasteiger partial charge on any atom is -0.457 e. The van der Waals surface area contributed by atoms with E-state index in [0.717, 1.165) is 0 Å². The maximum atomic E-state index is 13.1. The highest BCUT2D eigenvalue weighted by molar-refractivity contribution is 7.90. The van der Waals surface area contributed by atoms with Gasteiger partial charge in [0.25, 0.3) is 15.9 Å². The molecule has 1 N–H and O–H groups in total. The van der Waals surface area contributed by atoms with Crippen molar-refractivity contribution in [3.63, 3.8) is 0 Å². The van der Waals surface area contributed by atoms with Crippen LogP contribution in [-0.2, 0) is 10.0 Å². The minimum absolute atomic E-state index is 0.121. The second-order valence-corrected chi connectivity index (χ2v) is 11.8. The van der Waals surface area contributed by atoms with Gasteiger partial charge in [-0.2, -0.15) is 5.10 Å². The fourth-order valence-electron chi connectivity index (χ4n) is 3.72. The number of halogens is 4. The van der Waals surface area contributed by atoms with Crippen molar-refractivity contribution >= 4 is 62.3 Å². The molecule has 1 amide bonds. The third-order valence-corrected chi connectivity index (χ3v) is 8.19. The van der Waals surface area contributed by atoms with Crippen molar-refractivity contribution in [1.29, 1.82) is 0 Å². The molecule has 0 fully saturated rings. The van der Waals surface area contributed by atoms with Crippen LogP contribution < -0.4 is 9.46 Å². The van der Waals surface area contributed by atoms with Gasteiger partial charge in [0.15, 0.2) is 5.69 Å². The van der Waals surface area contributed by atoms with E-state index < -0.39 is 15.9 Å². The van der Waals surface area contributed by atoms with Crippen LogP contribution in [0.1, 0.15) is 10.5 Å². The number of amides is 1. The van der Waals surface area contributed by atoms with E-state index >= 15 is 0 Å². The summed E-state index contributed by atoms with van der Waals surface area (Å²) in [5.74, 6) is 0.189. The Kier molecular flexibility index (Phi) is 8.07. The van der Waals surface area contributed by atoms with Crippen LogP contribution in [-0.4, -0.2) is 24.1 Å². The van der Waals surface area contributed by atoms with Crippen molar-refractivity contribution in [2.45, 2.75) is 4.90 Å². The van der Waals surface area contributed by atoms with E-state index in [1.807, 2.05) is 4.72 Å². The maximum absolute atomic E-state index is 13.1. The molecule has 0 aliphatic heterocycles. The van der Waals surface area contributed by atoms with Crippen LogP contribution in [0.25, 0.3) is 16.9 Å². The van der Waals surface area contributed by atoms with Crippen molar-refractivity contribution in [1.82, 2.24) is 14.5 Å². The van der Waals surface area contributed by atoms with Gasteiger partial charge in [-0.1, -0.05) is 58.5 Å². The Balaban J connectivity index is 1.49. The Labute approximate surface area is 249 Å². The highest BCUT2D eigenvalue weighted by atomic mass is 35.5. The molecule has 0 atom stereocenters. The Hall–Kier alpha value is -3.53. The normalized spacial score (nSPS) is 11.3. The summed E-state index contributed by atoms with van der Waals surface area (Å²) in [5.41, 5.74) is 1.49. The van der Waals surface area contributed by atoms with Crippen molar-refractivity contribution in [2.24, 2.45) is 0 Å². The van der Waals surface area contributed by atoms with Gasteiger partial charge in [-0.05, 0) is 84.9 Å². The lowest BCUT2D eigenvalue weighted by Crippen LogP contribution is -2.31. The van der Waals surface area contributed by atoms with Gasteiger partial charge >= 0.3 is 0 Å². The number of nitrogens with zero attached hydrogens (tertiary/aromatic N) is 2. The Bertz CT molecular complexity index is 1820. The van der Waals surface area contributed by atoms with Gasteiger partial charge in [0.1, 0.15) is 11.5 Å². The molecule has 40 heavy (non-hydrogen) atoms. The molecule has 0 bridgehead atoms. The number of carbonyl (C=O) groups is 1. The van der Waals surface area contributed by atoms with Gasteiger partial charge in [0, 0.05) is 15.6 Å². The molecule has 4 aromatic carbocycles. The predicted molar refractivity (Wildman–Crippen MR) is 157 cm³/mol. The molecule has 0 saturated heterocycles. The van der Waals surface area contributed by atoms with Gasteiger partial charge < -0.3 is 4.74 Å². The predicted octanol–water partition coefficient (Wildman–Crippen LogP) is 8.06. The lowest BCUT2D eigenvalue weighted by atomic mass is 10.1. The number of aromatic nitrogens is 2. The summed E-state index contributed by atoms with van der Waals surface area (Å²) in [6.07, 6.45) is 0. The Morgan fingerprint density at radius 3 is 2.15 bits per heavy atom. The van der Waals surface area contributed by atoms with Gasteiger partial charge in [-0.25, -0.2) is 17.8 Å². The average molecular weight is 633 g/mol. The lowest BCUT2D eigenvalue weighted by Gasteiger charge is -2.10. The number of hydrogen-bond acceptors (Lipinski definition) is 5. The van der Waals surface area contributed by atoms with Crippen LogP contribution in [0, 0.1) is 0 Å². The van der Waals surface area contributed by atoms with E-state index in [1.165, 1.54) is 35.0 Å².